The molecular weight excluding hydrogens is 281 g/mol. The van der Waals surface area contributed by atoms with Gasteiger partial charge in [-0.2, -0.15) is 0 Å². The molecule has 0 amide bonds. The quantitative estimate of drug-likeness (QED) is 0.780. The lowest BCUT2D eigenvalue weighted by atomic mass is 10.1. The van der Waals surface area contributed by atoms with Gasteiger partial charge in [0, 0.05) is 0 Å². The van der Waals surface area contributed by atoms with Crippen molar-refractivity contribution in [2.75, 3.05) is 0 Å². The first-order chi connectivity index (χ1) is 9.75. The van der Waals surface area contributed by atoms with Crippen LogP contribution in [-0.2, 0) is 16.1 Å². The maximum atomic E-state index is 13.4. The molecule has 0 heterocycles. The van der Waals surface area contributed by atoms with Crippen LogP contribution in [0.1, 0.15) is 26.3 Å². The normalized spacial score (nSPS) is 23.8. The van der Waals surface area contributed by atoms with E-state index in [0.29, 0.717) is 0 Å². The number of benzene rings is 1. The highest BCUT2D eigenvalue weighted by Crippen LogP contribution is 2.59. The summed E-state index contributed by atoms with van der Waals surface area (Å²) in [6.45, 7) is 4.50. The number of hydrogen-bond acceptors (Lipinski definition) is 2. The molecule has 1 aromatic carbocycles. The van der Waals surface area contributed by atoms with Crippen LogP contribution >= 0.6 is 0 Å². The molecule has 21 heavy (non-hydrogen) atoms. The number of esters is 1. The third kappa shape index (κ3) is 3.12. The van der Waals surface area contributed by atoms with Crippen molar-refractivity contribution in [3.63, 3.8) is 0 Å². The minimum atomic E-state index is -0.756. The van der Waals surface area contributed by atoms with Gasteiger partial charge in [-0.05, 0) is 36.5 Å². The zero-order valence-electron chi connectivity index (χ0n) is 12.1. The van der Waals surface area contributed by atoms with Crippen molar-refractivity contribution in [2.45, 2.75) is 27.4 Å². The monoisotopic (exact) mass is 298 g/mol. The van der Waals surface area contributed by atoms with Crippen LogP contribution in [0.4, 0.5) is 13.2 Å². The van der Waals surface area contributed by atoms with Crippen LogP contribution in [0.2, 0.25) is 0 Å². The molecule has 2 nitrogen and oxygen atoms in total. The topological polar surface area (TPSA) is 26.3 Å². The van der Waals surface area contributed by atoms with Gasteiger partial charge >= 0.3 is 5.97 Å². The molecule has 0 spiro atoms. The molecule has 0 unspecified atom stereocenters. The van der Waals surface area contributed by atoms with Crippen LogP contribution in [0.5, 0.6) is 0 Å². The number of carbonyl (C=O) groups is 1. The molecule has 0 aromatic heterocycles. The summed E-state index contributed by atoms with van der Waals surface area (Å²) in [5, 5.41) is 0. The van der Waals surface area contributed by atoms with Crippen molar-refractivity contribution < 1.29 is 22.7 Å². The Bertz CT molecular complexity index is 569. The lowest BCUT2D eigenvalue weighted by Gasteiger charge is -2.07. The first-order valence-corrected chi connectivity index (χ1v) is 6.68. The fourth-order valence-corrected chi connectivity index (χ4v) is 2.59. The summed E-state index contributed by atoms with van der Waals surface area (Å²) in [6.07, 6.45) is 1.38. The highest BCUT2D eigenvalue weighted by Gasteiger charge is 2.61. The predicted molar refractivity (Wildman–Crippen MR) is 71.8 cm³/mol. The van der Waals surface area contributed by atoms with Gasteiger partial charge in [0.15, 0.2) is 0 Å². The van der Waals surface area contributed by atoms with E-state index in [1.165, 1.54) is 19.1 Å². The zero-order chi connectivity index (χ0) is 15.8. The number of halogens is 3. The summed E-state index contributed by atoms with van der Waals surface area (Å²) < 4.78 is 44.8. The van der Waals surface area contributed by atoms with Gasteiger partial charge < -0.3 is 4.74 Å². The molecule has 1 aromatic rings. The molecule has 0 N–H and O–H groups in total. The van der Waals surface area contributed by atoms with E-state index in [9.17, 15) is 18.0 Å². The summed E-state index contributed by atoms with van der Waals surface area (Å²) in [6, 6.07) is 3.45. The van der Waals surface area contributed by atoms with Gasteiger partial charge in [0.1, 0.15) is 18.2 Å². The summed E-state index contributed by atoms with van der Waals surface area (Å²) in [5.41, 5.74) is -0.684. The third-order valence-corrected chi connectivity index (χ3v) is 3.99. The van der Waals surface area contributed by atoms with Crippen molar-refractivity contribution in [2.24, 2.45) is 17.3 Å². The van der Waals surface area contributed by atoms with E-state index < -0.39 is 35.5 Å². The Morgan fingerprint density at radius 2 is 1.90 bits per heavy atom. The maximum Gasteiger partial charge on any atom is 0.310 e. The second-order valence-electron chi connectivity index (χ2n) is 5.89. The van der Waals surface area contributed by atoms with Crippen molar-refractivity contribution in [3.8, 4) is 0 Å². The maximum absolute atomic E-state index is 13.4. The Hall–Kier alpha value is -1.78. The average Bonchev–Trinajstić information content (AvgIpc) is 2.89. The molecule has 1 aliphatic carbocycles. The van der Waals surface area contributed by atoms with Gasteiger partial charge in [0.05, 0.1) is 17.3 Å². The standard InChI is InChI=1S/C16H17F3O2/c1-9(17)7-11-14(16(11,2)3)15(20)21-8-10-12(18)5-4-6-13(10)19/h4-7,11,14H,8H2,1-3H3/b9-7+/t11-,14+/m1/s1. The Morgan fingerprint density at radius 1 is 1.33 bits per heavy atom. The number of ether oxygens (including phenoxy) is 1. The number of hydrogen-bond donors (Lipinski definition) is 0. The number of carbonyl (C=O) groups excluding carboxylic acids is 1. The highest BCUT2D eigenvalue weighted by atomic mass is 19.1. The minimum absolute atomic E-state index is 0.250. The minimum Gasteiger partial charge on any atom is -0.460 e. The molecule has 1 saturated carbocycles. The summed E-state index contributed by atoms with van der Waals surface area (Å²) in [4.78, 5) is 12.0. The van der Waals surface area contributed by atoms with Crippen LogP contribution in [0.15, 0.2) is 30.1 Å². The van der Waals surface area contributed by atoms with E-state index >= 15 is 0 Å². The largest absolute Gasteiger partial charge is 0.460 e. The molecule has 0 aliphatic heterocycles. The van der Waals surface area contributed by atoms with Gasteiger partial charge in [-0.15, -0.1) is 0 Å². The van der Waals surface area contributed by atoms with Gasteiger partial charge in [0.25, 0.3) is 0 Å². The fraction of sp³-hybridized carbons (Fsp3) is 0.438. The molecule has 114 valence electrons. The van der Waals surface area contributed by atoms with Crippen molar-refractivity contribution in [1.29, 1.82) is 0 Å². The molecule has 0 bridgehead atoms. The first kappa shape index (κ1) is 15.6. The SMILES string of the molecule is C/C(F)=C\[C@@H]1[C@@H](C(=O)OCc2c(F)cccc2F)C1(C)C. The Balaban J connectivity index is 2.02. The Kier molecular flexibility index (Phi) is 4.12. The second-order valence-corrected chi connectivity index (χ2v) is 5.89. The number of rotatable bonds is 4. The summed E-state index contributed by atoms with van der Waals surface area (Å²) >= 11 is 0. The molecular formula is C16H17F3O2. The average molecular weight is 298 g/mol. The third-order valence-electron chi connectivity index (χ3n) is 3.99. The smallest absolute Gasteiger partial charge is 0.310 e. The van der Waals surface area contributed by atoms with Crippen LogP contribution in [-0.4, -0.2) is 5.97 Å². The highest BCUT2D eigenvalue weighted by molar-refractivity contribution is 5.78. The molecule has 2 atom stereocenters. The van der Waals surface area contributed by atoms with Crippen molar-refractivity contribution >= 4 is 5.97 Å². The lowest BCUT2D eigenvalue weighted by Crippen LogP contribution is -2.12. The van der Waals surface area contributed by atoms with Gasteiger partial charge in [-0.25, -0.2) is 13.2 Å². The molecule has 1 fully saturated rings. The van der Waals surface area contributed by atoms with Gasteiger partial charge in [-0.1, -0.05) is 19.9 Å². The summed E-state index contributed by atoms with van der Waals surface area (Å²) in [5.74, 6) is -3.17. The van der Waals surface area contributed by atoms with Gasteiger partial charge in [-0.3, -0.25) is 4.79 Å². The van der Waals surface area contributed by atoms with Crippen LogP contribution in [0, 0.1) is 28.9 Å². The second kappa shape index (κ2) is 5.54. The van der Waals surface area contributed by atoms with Crippen molar-refractivity contribution in [1.82, 2.24) is 0 Å². The lowest BCUT2D eigenvalue weighted by molar-refractivity contribution is -0.147. The fourth-order valence-electron chi connectivity index (χ4n) is 2.59. The molecule has 5 heteroatoms. The molecule has 0 saturated heterocycles. The molecule has 2 rings (SSSR count). The van der Waals surface area contributed by atoms with Crippen LogP contribution in [0.25, 0.3) is 0 Å². The van der Waals surface area contributed by atoms with Crippen molar-refractivity contribution in [3.05, 3.63) is 47.3 Å². The van der Waals surface area contributed by atoms with Crippen LogP contribution in [0.3, 0.4) is 0 Å². The zero-order valence-corrected chi connectivity index (χ0v) is 12.1. The van der Waals surface area contributed by atoms with Crippen LogP contribution < -0.4 is 0 Å². The van der Waals surface area contributed by atoms with E-state index in [-0.39, 0.29) is 17.3 Å². The van der Waals surface area contributed by atoms with E-state index in [1.807, 2.05) is 13.8 Å². The predicted octanol–water partition coefficient (Wildman–Crippen LogP) is 4.15. The van der Waals surface area contributed by atoms with E-state index in [1.54, 1.807) is 0 Å². The molecule has 1 aliphatic rings. The van der Waals surface area contributed by atoms with E-state index in [0.717, 1.165) is 12.1 Å². The van der Waals surface area contributed by atoms with E-state index in [2.05, 4.69) is 0 Å². The summed E-state index contributed by atoms with van der Waals surface area (Å²) in [7, 11) is 0. The Labute approximate surface area is 121 Å². The Morgan fingerprint density at radius 3 is 2.43 bits per heavy atom. The molecule has 0 radical (unpaired) electrons. The van der Waals surface area contributed by atoms with Gasteiger partial charge in [0.2, 0.25) is 0 Å². The van der Waals surface area contributed by atoms with E-state index in [4.69, 9.17) is 4.74 Å². The first-order valence-electron chi connectivity index (χ1n) is 6.68. The number of allylic oxidation sites excluding steroid dienone is 2.